The predicted octanol–water partition coefficient (Wildman–Crippen LogP) is 0.514. The monoisotopic (exact) mass is 332 g/mol. The van der Waals surface area contributed by atoms with Gasteiger partial charge in [0.05, 0.1) is 11.7 Å². The van der Waals surface area contributed by atoms with Crippen LogP contribution in [0.4, 0.5) is 0 Å². The standard InChI is InChI=1S/C14H24N2O5S/c1-2-3-9-22(20,21)16-7-4-5-12(16)13(17)15-8-6-11(10-15)14(18)19/h11-12H,2-10H2,1H3,(H,18,19). The molecule has 2 saturated heterocycles. The van der Waals surface area contributed by atoms with E-state index in [1.54, 1.807) is 0 Å². The van der Waals surface area contributed by atoms with Crippen molar-refractivity contribution in [2.75, 3.05) is 25.4 Å². The van der Waals surface area contributed by atoms with Crippen LogP contribution in [0, 0.1) is 5.92 Å². The van der Waals surface area contributed by atoms with Gasteiger partial charge < -0.3 is 10.0 Å². The third kappa shape index (κ3) is 3.60. The Balaban J connectivity index is 2.04. The molecule has 0 bridgehead atoms. The van der Waals surface area contributed by atoms with Crippen molar-refractivity contribution in [2.24, 2.45) is 5.92 Å². The lowest BCUT2D eigenvalue weighted by molar-refractivity contribution is -0.141. The van der Waals surface area contributed by atoms with E-state index < -0.39 is 28.0 Å². The smallest absolute Gasteiger partial charge is 0.308 e. The van der Waals surface area contributed by atoms with Crippen LogP contribution in [0.3, 0.4) is 0 Å². The molecular formula is C14H24N2O5S. The molecule has 0 aromatic heterocycles. The van der Waals surface area contributed by atoms with Gasteiger partial charge in [0.1, 0.15) is 6.04 Å². The van der Waals surface area contributed by atoms with Crippen LogP contribution >= 0.6 is 0 Å². The lowest BCUT2D eigenvalue weighted by Crippen LogP contribution is -2.47. The van der Waals surface area contributed by atoms with Crippen LogP contribution in [-0.2, 0) is 19.6 Å². The predicted molar refractivity (Wildman–Crippen MR) is 80.7 cm³/mol. The van der Waals surface area contributed by atoms with Crippen LogP contribution in [0.2, 0.25) is 0 Å². The SMILES string of the molecule is CCCCS(=O)(=O)N1CCCC1C(=O)N1CCC(C(=O)O)C1. The maximum Gasteiger partial charge on any atom is 0.308 e. The molecule has 7 nitrogen and oxygen atoms in total. The Hall–Kier alpha value is -1.15. The minimum absolute atomic E-state index is 0.0744. The molecule has 0 radical (unpaired) electrons. The molecule has 0 aliphatic carbocycles. The largest absolute Gasteiger partial charge is 0.481 e. The average molecular weight is 332 g/mol. The van der Waals surface area contributed by atoms with Gasteiger partial charge in [0, 0.05) is 19.6 Å². The Kier molecular flexibility index (Phi) is 5.44. The second-order valence-electron chi connectivity index (χ2n) is 6.05. The minimum atomic E-state index is -3.41. The van der Waals surface area contributed by atoms with Gasteiger partial charge >= 0.3 is 5.97 Å². The first-order valence-corrected chi connectivity index (χ1v) is 9.49. The van der Waals surface area contributed by atoms with Crippen molar-refractivity contribution >= 4 is 21.9 Å². The molecule has 2 heterocycles. The molecule has 2 aliphatic rings. The Bertz CT molecular complexity index is 533. The highest BCUT2D eigenvalue weighted by Crippen LogP contribution is 2.26. The van der Waals surface area contributed by atoms with Gasteiger partial charge in [-0.25, -0.2) is 8.42 Å². The zero-order valence-electron chi connectivity index (χ0n) is 12.9. The van der Waals surface area contributed by atoms with Crippen molar-refractivity contribution in [1.29, 1.82) is 0 Å². The fraction of sp³-hybridized carbons (Fsp3) is 0.857. The number of carbonyl (C=O) groups is 2. The lowest BCUT2D eigenvalue weighted by atomic mass is 10.1. The van der Waals surface area contributed by atoms with E-state index in [2.05, 4.69) is 0 Å². The fourth-order valence-corrected chi connectivity index (χ4v) is 5.02. The van der Waals surface area contributed by atoms with Gasteiger partial charge in [0.15, 0.2) is 0 Å². The van der Waals surface area contributed by atoms with Gasteiger partial charge in [-0.1, -0.05) is 13.3 Å². The Morgan fingerprint density at radius 3 is 2.55 bits per heavy atom. The van der Waals surface area contributed by atoms with Crippen LogP contribution in [0.5, 0.6) is 0 Å². The summed E-state index contributed by atoms with van der Waals surface area (Å²) < 4.78 is 26.0. The van der Waals surface area contributed by atoms with E-state index in [-0.39, 0.29) is 18.2 Å². The number of rotatable bonds is 6. The lowest BCUT2D eigenvalue weighted by Gasteiger charge is -2.27. The Morgan fingerprint density at radius 1 is 1.23 bits per heavy atom. The summed E-state index contributed by atoms with van der Waals surface area (Å²) in [4.78, 5) is 25.1. The van der Waals surface area contributed by atoms with Crippen molar-refractivity contribution in [3.63, 3.8) is 0 Å². The van der Waals surface area contributed by atoms with Crippen molar-refractivity contribution in [2.45, 2.75) is 45.1 Å². The van der Waals surface area contributed by atoms with Crippen LogP contribution in [-0.4, -0.2) is 66.0 Å². The van der Waals surface area contributed by atoms with Crippen molar-refractivity contribution in [3.05, 3.63) is 0 Å². The van der Waals surface area contributed by atoms with Crippen molar-refractivity contribution in [3.8, 4) is 0 Å². The van der Waals surface area contributed by atoms with Gasteiger partial charge in [0.25, 0.3) is 0 Å². The summed E-state index contributed by atoms with van der Waals surface area (Å²) in [5.74, 6) is -1.59. The molecule has 0 aromatic rings. The number of nitrogens with zero attached hydrogens (tertiary/aromatic N) is 2. The number of carbonyl (C=O) groups excluding carboxylic acids is 1. The molecule has 126 valence electrons. The molecule has 1 N–H and O–H groups in total. The molecule has 0 saturated carbocycles. The molecular weight excluding hydrogens is 308 g/mol. The fourth-order valence-electron chi connectivity index (χ4n) is 3.14. The first-order chi connectivity index (χ1) is 10.4. The van der Waals surface area contributed by atoms with Gasteiger partial charge in [0.2, 0.25) is 15.9 Å². The van der Waals surface area contributed by atoms with E-state index in [4.69, 9.17) is 5.11 Å². The summed E-state index contributed by atoms with van der Waals surface area (Å²) in [5.41, 5.74) is 0. The van der Waals surface area contributed by atoms with Gasteiger partial charge in [-0.15, -0.1) is 0 Å². The molecule has 1 amide bonds. The number of amides is 1. The number of hydrogen-bond acceptors (Lipinski definition) is 4. The highest BCUT2D eigenvalue weighted by molar-refractivity contribution is 7.89. The highest BCUT2D eigenvalue weighted by atomic mass is 32.2. The van der Waals surface area contributed by atoms with E-state index in [1.165, 1.54) is 9.21 Å². The summed E-state index contributed by atoms with van der Waals surface area (Å²) in [6.45, 7) is 2.90. The van der Waals surface area contributed by atoms with Gasteiger partial charge in [-0.2, -0.15) is 4.31 Å². The van der Waals surface area contributed by atoms with E-state index in [0.29, 0.717) is 38.8 Å². The second kappa shape index (κ2) is 6.95. The minimum Gasteiger partial charge on any atom is -0.481 e. The Morgan fingerprint density at radius 2 is 1.95 bits per heavy atom. The number of hydrogen-bond donors (Lipinski definition) is 1. The number of sulfonamides is 1. The maximum atomic E-state index is 12.6. The third-order valence-corrected chi connectivity index (χ3v) is 6.41. The number of unbranched alkanes of at least 4 members (excludes halogenated alkanes) is 1. The molecule has 2 atom stereocenters. The summed E-state index contributed by atoms with van der Waals surface area (Å²) in [6, 6.07) is -0.644. The van der Waals surface area contributed by atoms with Crippen LogP contribution in [0.1, 0.15) is 39.0 Å². The zero-order chi connectivity index (χ0) is 16.3. The quantitative estimate of drug-likeness (QED) is 0.765. The molecule has 22 heavy (non-hydrogen) atoms. The first kappa shape index (κ1) is 17.2. The van der Waals surface area contributed by atoms with E-state index in [9.17, 15) is 18.0 Å². The van der Waals surface area contributed by atoms with Gasteiger partial charge in [-0.05, 0) is 25.7 Å². The van der Waals surface area contributed by atoms with Crippen LogP contribution in [0.25, 0.3) is 0 Å². The zero-order valence-corrected chi connectivity index (χ0v) is 13.7. The number of likely N-dealkylation sites (tertiary alicyclic amines) is 1. The van der Waals surface area contributed by atoms with Crippen molar-refractivity contribution < 1.29 is 23.1 Å². The molecule has 2 rings (SSSR count). The maximum absolute atomic E-state index is 12.6. The van der Waals surface area contributed by atoms with Gasteiger partial charge in [-0.3, -0.25) is 9.59 Å². The molecule has 0 spiro atoms. The molecule has 2 aliphatic heterocycles. The van der Waals surface area contributed by atoms with E-state index >= 15 is 0 Å². The highest BCUT2D eigenvalue weighted by Gasteiger charge is 2.42. The van der Waals surface area contributed by atoms with Crippen molar-refractivity contribution in [1.82, 2.24) is 9.21 Å². The number of aliphatic carboxylic acids is 1. The topological polar surface area (TPSA) is 95.0 Å². The molecule has 0 aromatic carbocycles. The summed E-state index contributed by atoms with van der Waals surface area (Å²) in [7, 11) is -3.41. The van der Waals surface area contributed by atoms with Crippen LogP contribution < -0.4 is 0 Å². The van der Waals surface area contributed by atoms with E-state index in [1.807, 2.05) is 6.92 Å². The summed E-state index contributed by atoms with van der Waals surface area (Å²) in [5, 5.41) is 9.01. The summed E-state index contributed by atoms with van der Waals surface area (Å²) in [6.07, 6.45) is 3.02. The molecule has 8 heteroatoms. The summed E-state index contributed by atoms with van der Waals surface area (Å²) >= 11 is 0. The Labute approximate surface area is 131 Å². The number of carboxylic acids is 1. The first-order valence-electron chi connectivity index (χ1n) is 7.88. The second-order valence-corrected chi connectivity index (χ2v) is 8.09. The average Bonchev–Trinajstić information content (AvgIpc) is 3.13. The number of carboxylic acid groups (broad SMARTS) is 1. The van der Waals surface area contributed by atoms with Crippen LogP contribution in [0.15, 0.2) is 0 Å². The normalized spacial score (nSPS) is 26.5. The third-order valence-electron chi connectivity index (χ3n) is 4.45. The van der Waals surface area contributed by atoms with E-state index in [0.717, 1.165) is 6.42 Å². The molecule has 2 unspecified atom stereocenters. The molecule has 2 fully saturated rings.